The Morgan fingerprint density at radius 1 is 0.968 bits per heavy atom. The highest BCUT2D eigenvalue weighted by molar-refractivity contribution is 7.99. The average molecular weight is 498 g/mol. The first kappa shape index (κ1) is 23.4. The number of rotatable bonds is 8. The van der Waals surface area contributed by atoms with Gasteiger partial charge in [-0.1, -0.05) is 71.0 Å². The van der Waals surface area contributed by atoms with Crippen molar-refractivity contribution in [3.63, 3.8) is 0 Å². The minimum atomic E-state index is -0.503. The molecule has 160 valence electrons. The van der Waals surface area contributed by atoms with Gasteiger partial charge in [-0.25, -0.2) is 18.7 Å². The molecule has 3 N–H and O–H groups in total. The third kappa shape index (κ3) is 5.92. The van der Waals surface area contributed by atoms with E-state index in [2.05, 4.69) is 15.3 Å². The van der Waals surface area contributed by atoms with Crippen molar-refractivity contribution in [3.05, 3.63) is 69.2 Å². The van der Waals surface area contributed by atoms with Gasteiger partial charge in [-0.05, 0) is 23.3 Å². The molecule has 0 aliphatic heterocycles. The molecule has 5 nitrogen and oxygen atoms in total. The van der Waals surface area contributed by atoms with E-state index < -0.39 is 11.6 Å². The molecule has 3 aromatic rings. The van der Waals surface area contributed by atoms with Crippen LogP contribution in [-0.2, 0) is 11.5 Å². The Balaban J connectivity index is 1.84. The summed E-state index contributed by atoms with van der Waals surface area (Å²) in [5.41, 5.74) is 7.25. The highest BCUT2D eigenvalue weighted by Gasteiger charge is 2.16. The Morgan fingerprint density at radius 3 is 2.13 bits per heavy atom. The molecule has 0 saturated heterocycles. The highest BCUT2D eigenvalue weighted by Crippen LogP contribution is 2.35. The number of halogens is 4. The smallest absolute Gasteiger partial charge is 0.191 e. The molecule has 0 saturated carbocycles. The fourth-order valence-electron chi connectivity index (χ4n) is 2.51. The maximum absolute atomic E-state index is 14.2. The monoisotopic (exact) mass is 497 g/mol. The molecule has 1 aromatic heterocycles. The Labute approximate surface area is 196 Å². The maximum Gasteiger partial charge on any atom is 0.191 e. The molecule has 3 rings (SSSR count). The quantitative estimate of drug-likeness (QED) is 0.166. The van der Waals surface area contributed by atoms with Gasteiger partial charge in [-0.2, -0.15) is 5.26 Å². The van der Waals surface area contributed by atoms with Gasteiger partial charge in [0.25, 0.3) is 0 Å². The zero-order chi connectivity index (χ0) is 22.4. The minimum absolute atomic E-state index is 0.00708. The number of nitrogens with one attached hydrogen (secondary N) is 1. The van der Waals surface area contributed by atoms with E-state index in [1.165, 1.54) is 35.7 Å². The van der Waals surface area contributed by atoms with Gasteiger partial charge in [0.15, 0.2) is 11.0 Å². The van der Waals surface area contributed by atoms with Crippen LogP contribution in [0.4, 0.5) is 20.3 Å². The van der Waals surface area contributed by atoms with Crippen LogP contribution < -0.4 is 11.1 Å². The molecule has 0 atom stereocenters. The van der Waals surface area contributed by atoms with Gasteiger partial charge in [0.05, 0.1) is 16.1 Å². The SMILES string of the molecule is N#CCNc1c(N)nc(SCc2cccc(Cl)c2F)nc1SCc1cccc(Cl)c1F. The number of nitrogen functional groups attached to an aromatic ring is 1. The predicted octanol–water partition coefficient (Wildman–Crippen LogP) is 6.16. The summed E-state index contributed by atoms with van der Waals surface area (Å²) in [6.07, 6.45) is 0. The molecule has 31 heavy (non-hydrogen) atoms. The topological polar surface area (TPSA) is 87.6 Å². The van der Waals surface area contributed by atoms with Gasteiger partial charge in [-0.15, -0.1) is 0 Å². The van der Waals surface area contributed by atoms with Gasteiger partial charge in [0, 0.05) is 11.5 Å². The van der Waals surface area contributed by atoms with Gasteiger partial charge >= 0.3 is 0 Å². The van der Waals surface area contributed by atoms with E-state index >= 15 is 0 Å². The molecule has 0 amide bonds. The second kappa shape index (κ2) is 10.9. The van der Waals surface area contributed by atoms with Crippen molar-refractivity contribution in [1.82, 2.24) is 9.97 Å². The minimum Gasteiger partial charge on any atom is -0.382 e. The first-order valence-electron chi connectivity index (χ1n) is 8.80. The summed E-state index contributed by atoms with van der Waals surface area (Å²) in [6, 6.07) is 11.5. The van der Waals surface area contributed by atoms with E-state index in [4.69, 9.17) is 34.2 Å². The van der Waals surface area contributed by atoms with Crippen molar-refractivity contribution in [2.75, 3.05) is 17.6 Å². The molecule has 11 heteroatoms. The van der Waals surface area contributed by atoms with Crippen molar-refractivity contribution < 1.29 is 8.78 Å². The van der Waals surface area contributed by atoms with Crippen LogP contribution in [-0.4, -0.2) is 16.5 Å². The number of hydrogen-bond acceptors (Lipinski definition) is 7. The molecular formula is C20H15Cl2F2N5S2. The van der Waals surface area contributed by atoms with Crippen molar-refractivity contribution in [1.29, 1.82) is 5.26 Å². The summed E-state index contributed by atoms with van der Waals surface area (Å²) in [6.45, 7) is -0.00708. The summed E-state index contributed by atoms with van der Waals surface area (Å²) in [4.78, 5) is 8.71. The van der Waals surface area contributed by atoms with Gasteiger partial charge < -0.3 is 11.1 Å². The van der Waals surface area contributed by atoms with E-state index in [0.29, 0.717) is 27.0 Å². The van der Waals surface area contributed by atoms with E-state index in [1.54, 1.807) is 24.3 Å². The first-order chi connectivity index (χ1) is 14.9. The van der Waals surface area contributed by atoms with Gasteiger partial charge in [0.2, 0.25) is 0 Å². The van der Waals surface area contributed by atoms with Crippen molar-refractivity contribution in [2.45, 2.75) is 21.7 Å². The van der Waals surface area contributed by atoms with Crippen LogP contribution in [0.25, 0.3) is 0 Å². The lowest BCUT2D eigenvalue weighted by molar-refractivity contribution is 0.617. The van der Waals surface area contributed by atoms with Crippen molar-refractivity contribution in [3.8, 4) is 6.07 Å². The number of thioether (sulfide) groups is 2. The Hall–Kier alpha value is -2.25. The fraction of sp³-hybridized carbons (Fsp3) is 0.150. The number of aromatic nitrogens is 2. The fourth-order valence-corrected chi connectivity index (χ4v) is 4.77. The highest BCUT2D eigenvalue weighted by atomic mass is 35.5. The predicted molar refractivity (Wildman–Crippen MR) is 122 cm³/mol. The lowest BCUT2D eigenvalue weighted by Crippen LogP contribution is -2.08. The number of nitriles is 1. The molecule has 0 bridgehead atoms. The summed E-state index contributed by atoms with van der Waals surface area (Å²) in [7, 11) is 0. The Kier molecular flexibility index (Phi) is 8.21. The van der Waals surface area contributed by atoms with Crippen molar-refractivity contribution in [2.24, 2.45) is 0 Å². The normalized spacial score (nSPS) is 10.7. The zero-order valence-electron chi connectivity index (χ0n) is 15.8. The van der Waals surface area contributed by atoms with E-state index in [-0.39, 0.29) is 33.9 Å². The van der Waals surface area contributed by atoms with Crippen molar-refractivity contribution >= 4 is 58.2 Å². The second-order valence-electron chi connectivity index (χ2n) is 6.09. The maximum atomic E-state index is 14.2. The number of nitrogens with zero attached hydrogens (tertiary/aromatic N) is 3. The number of hydrogen-bond donors (Lipinski definition) is 2. The second-order valence-corrected chi connectivity index (χ2v) is 8.81. The van der Waals surface area contributed by atoms with E-state index in [1.807, 2.05) is 6.07 Å². The number of benzene rings is 2. The largest absolute Gasteiger partial charge is 0.382 e. The van der Waals surface area contributed by atoms with Crippen LogP contribution in [0.5, 0.6) is 0 Å². The molecular weight excluding hydrogens is 483 g/mol. The average Bonchev–Trinajstić information content (AvgIpc) is 2.75. The molecule has 0 unspecified atom stereocenters. The van der Waals surface area contributed by atoms with Crippen LogP contribution in [0.1, 0.15) is 11.1 Å². The summed E-state index contributed by atoms with van der Waals surface area (Å²) >= 11 is 14.1. The molecule has 2 aromatic carbocycles. The van der Waals surface area contributed by atoms with Crippen LogP contribution in [0.2, 0.25) is 10.0 Å². The van der Waals surface area contributed by atoms with Crippen LogP contribution >= 0.6 is 46.7 Å². The lowest BCUT2D eigenvalue weighted by atomic mass is 10.2. The molecule has 0 aliphatic carbocycles. The van der Waals surface area contributed by atoms with Gasteiger partial charge in [-0.3, -0.25) is 0 Å². The number of anilines is 2. The standard InChI is InChI=1S/C20H15Cl2F2N5S2/c21-13-5-1-3-11(15(13)23)9-30-19-17(27-8-7-25)18(26)28-20(29-19)31-10-12-4-2-6-14(22)16(12)24/h1-6,27H,8-10H2,(H2,26,28,29). The van der Waals surface area contributed by atoms with E-state index in [9.17, 15) is 8.78 Å². The molecule has 0 fully saturated rings. The van der Waals surface area contributed by atoms with Crippen LogP contribution in [0.15, 0.2) is 46.6 Å². The molecule has 1 heterocycles. The first-order valence-corrected chi connectivity index (χ1v) is 11.5. The molecule has 0 spiro atoms. The third-order valence-corrected chi connectivity index (χ3v) is 6.52. The van der Waals surface area contributed by atoms with Crippen LogP contribution in [0, 0.1) is 23.0 Å². The summed E-state index contributed by atoms with van der Waals surface area (Å²) in [5, 5.41) is 12.6. The molecule has 0 radical (unpaired) electrons. The Morgan fingerprint density at radius 2 is 1.55 bits per heavy atom. The zero-order valence-corrected chi connectivity index (χ0v) is 19.0. The van der Waals surface area contributed by atoms with Crippen LogP contribution in [0.3, 0.4) is 0 Å². The number of nitrogens with two attached hydrogens (primary N) is 1. The lowest BCUT2D eigenvalue weighted by Gasteiger charge is -2.13. The third-order valence-electron chi connectivity index (χ3n) is 4.01. The van der Waals surface area contributed by atoms with Gasteiger partial charge in [0.1, 0.15) is 28.9 Å². The Bertz CT molecular complexity index is 1140. The summed E-state index contributed by atoms with van der Waals surface area (Å²) in [5.74, 6) is -0.395. The van der Waals surface area contributed by atoms with E-state index in [0.717, 1.165) is 0 Å². The summed E-state index contributed by atoms with van der Waals surface area (Å²) < 4.78 is 28.4. The molecule has 0 aliphatic rings.